The van der Waals surface area contributed by atoms with Crippen molar-refractivity contribution in [2.24, 2.45) is 0 Å². The van der Waals surface area contributed by atoms with Crippen molar-refractivity contribution in [1.29, 1.82) is 0 Å². The molecular weight excluding hydrogens is 128 g/mol. The van der Waals surface area contributed by atoms with Crippen molar-refractivity contribution in [2.45, 2.75) is 25.8 Å². The molecular formula is C7H18N2O. The molecule has 1 saturated heterocycles. The number of hydrogen-bond donors (Lipinski definition) is 2. The molecule has 1 atom stereocenters. The zero-order valence-corrected chi connectivity index (χ0v) is 6.31. The van der Waals surface area contributed by atoms with E-state index in [1.165, 1.54) is 0 Å². The van der Waals surface area contributed by atoms with Crippen LogP contribution in [0.15, 0.2) is 0 Å². The predicted molar refractivity (Wildman–Crippen MR) is 43.9 cm³/mol. The lowest BCUT2D eigenvalue weighted by Crippen LogP contribution is -2.35. The van der Waals surface area contributed by atoms with Gasteiger partial charge in [0.05, 0.1) is 0 Å². The molecule has 0 radical (unpaired) electrons. The highest BCUT2D eigenvalue weighted by Crippen LogP contribution is 2.04. The molecule has 1 rings (SSSR count). The molecule has 1 fully saturated rings. The molecule has 0 spiro atoms. The van der Waals surface area contributed by atoms with Crippen LogP contribution in [0.5, 0.6) is 0 Å². The van der Waals surface area contributed by atoms with Crippen LogP contribution >= 0.6 is 0 Å². The summed E-state index contributed by atoms with van der Waals surface area (Å²) in [7, 11) is 0. The van der Waals surface area contributed by atoms with Gasteiger partial charge in [0.15, 0.2) is 0 Å². The molecule has 0 aliphatic carbocycles. The molecule has 0 aromatic rings. The summed E-state index contributed by atoms with van der Waals surface area (Å²) in [5.74, 6) is 0.197. The minimum Gasteiger partial charge on any atom is -0.352 e. The first-order valence-corrected chi connectivity index (χ1v) is 3.83. The van der Waals surface area contributed by atoms with E-state index in [9.17, 15) is 4.79 Å². The lowest BCUT2D eigenvalue weighted by atomic mass is 10.2. The molecule has 62 valence electrons. The van der Waals surface area contributed by atoms with Crippen LogP contribution in [0.25, 0.3) is 0 Å². The molecule has 3 nitrogen and oxygen atoms in total. The first kappa shape index (κ1) is 7.54. The van der Waals surface area contributed by atoms with Crippen LogP contribution in [0.1, 0.15) is 22.6 Å². The summed E-state index contributed by atoms with van der Waals surface area (Å²) in [5, 5.41) is 6.08. The molecule has 0 unspecified atom stereocenters. The molecule has 1 aliphatic rings. The number of likely N-dealkylation sites (N-methyl/N-ethyl adjacent to an activating group) is 1. The third-order valence-corrected chi connectivity index (χ3v) is 1.73. The Morgan fingerprint density at radius 1 is 1.90 bits per heavy atom. The first-order valence-electron chi connectivity index (χ1n) is 3.83. The number of hydrogen-bond acceptors (Lipinski definition) is 2. The van der Waals surface area contributed by atoms with Gasteiger partial charge in [-0.2, -0.15) is 0 Å². The second-order valence-electron chi connectivity index (χ2n) is 2.61. The van der Waals surface area contributed by atoms with Gasteiger partial charge in [0.1, 0.15) is 0 Å². The van der Waals surface area contributed by atoms with Gasteiger partial charge in [-0.25, -0.2) is 0 Å². The van der Waals surface area contributed by atoms with Crippen LogP contribution < -0.4 is 10.6 Å². The Morgan fingerprint density at radius 2 is 2.70 bits per heavy atom. The molecule has 0 bridgehead atoms. The van der Waals surface area contributed by atoms with Gasteiger partial charge in [0.2, 0.25) is 5.91 Å². The first-order chi connectivity index (χ1) is 4.83. The van der Waals surface area contributed by atoms with Crippen LogP contribution in [0, 0.1) is 0 Å². The maximum Gasteiger partial charge on any atom is 0.220 e. The van der Waals surface area contributed by atoms with Crippen LogP contribution in [0.3, 0.4) is 0 Å². The standard InChI is InChI=1S/C7H14N2O.2H2/c1-2-8-5-6-3-4-7(10)9-6;;/h6,8H,2-5H2,1H3,(H,9,10);2*1H/t6-;;/m0../s1. The van der Waals surface area contributed by atoms with Gasteiger partial charge in [-0.3, -0.25) is 4.79 Å². The van der Waals surface area contributed by atoms with Crippen LogP contribution in [-0.4, -0.2) is 25.0 Å². The van der Waals surface area contributed by atoms with Crippen molar-refractivity contribution in [1.82, 2.24) is 10.6 Å². The van der Waals surface area contributed by atoms with Gasteiger partial charge in [-0.05, 0) is 13.0 Å². The highest BCUT2D eigenvalue weighted by Gasteiger charge is 2.19. The molecule has 1 amide bonds. The van der Waals surface area contributed by atoms with Crippen molar-refractivity contribution in [3.05, 3.63) is 0 Å². The number of amides is 1. The van der Waals surface area contributed by atoms with Crippen LogP contribution in [0.2, 0.25) is 0 Å². The van der Waals surface area contributed by atoms with Crippen LogP contribution in [-0.2, 0) is 4.79 Å². The molecule has 0 saturated carbocycles. The highest BCUT2D eigenvalue weighted by atomic mass is 16.1. The Kier molecular flexibility index (Phi) is 2.68. The lowest BCUT2D eigenvalue weighted by molar-refractivity contribution is -0.119. The fourth-order valence-electron chi connectivity index (χ4n) is 1.15. The second kappa shape index (κ2) is 3.56. The fraction of sp³-hybridized carbons (Fsp3) is 0.857. The van der Waals surface area contributed by atoms with E-state index in [1.54, 1.807) is 0 Å². The molecule has 0 aromatic carbocycles. The normalized spacial score (nSPS) is 24.9. The van der Waals surface area contributed by atoms with Crippen molar-refractivity contribution < 1.29 is 7.65 Å². The van der Waals surface area contributed by atoms with Gasteiger partial charge in [-0.15, -0.1) is 0 Å². The summed E-state index contributed by atoms with van der Waals surface area (Å²) < 4.78 is 0. The molecule has 1 heterocycles. The smallest absolute Gasteiger partial charge is 0.220 e. The van der Waals surface area contributed by atoms with Gasteiger partial charge < -0.3 is 10.6 Å². The molecule has 1 aliphatic heterocycles. The summed E-state index contributed by atoms with van der Waals surface area (Å²) in [5.41, 5.74) is 0. The minimum absolute atomic E-state index is 0. The topological polar surface area (TPSA) is 41.1 Å². The van der Waals surface area contributed by atoms with Crippen molar-refractivity contribution in [3.63, 3.8) is 0 Å². The Bertz CT molecular complexity index is 133. The molecule has 0 aromatic heterocycles. The summed E-state index contributed by atoms with van der Waals surface area (Å²) in [4.78, 5) is 10.7. The van der Waals surface area contributed by atoms with E-state index < -0.39 is 0 Å². The monoisotopic (exact) mass is 146 g/mol. The van der Waals surface area contributed by atoms with E-state index >= 15 is 0 Å². The minimum atomic E-state index is 0. The van der Waals surface area contributed by atoms with E-state index in [0.717, 1.165) is 19.5 Å². The maximum absolute atomic E-state index is 10.7. The average Bonchev–Trinajstić information content (AvgIpc) is 2.31. The van der Waals surface area contributed by atoms with Gasteiger partial charge in [0, 0.05) is 21.9 Å². The Labute approximate surface area is 64.2 Å². The Balaban J connectivity index is 0. The van der Waals surface area contributed by atoms with Crippen LogP contribution in [0.4, 0.5) is 0 Å². The zero-order chi connectivity index (χ0) is 7.40. The highest BCUT2D eigenvalue weighted by molar-refractivity contribution is 5.78. The van der Waals surface area contributed by atoms with Gasteiger partial charge in [-0.1, -0.05) is 6.92 Å². The number of rotatable bonds is 3. The molecule has 10 heavy (non-hydrogen) atoms. The quantitative estimate of drug-likeness (QED) is 0.604. The van der Waals surface area contributed by atoms with Gasteiger partial charge in [0.25, 0.3) is 0 Å². The lowest BCUT2D eigenvalue weighted by Gasteiger charge is -2.08. The second-order valence-corrected chi connectivity index (χ2v) is 2.61. The maximum atomic E-state index is 10.7. The van der Waals surface area contributed by atoms with E-state index in [1.807, 2.05) is 0 Å². The van der Waals surface area contributed by atoms with Gasteiger partial charge >= 0.3 is 0 Å². The van der Waals surface area contributed by atoms with Crippen molar-refractivity contribution >= 4 is 5.91 Å². The number of carbonyl (C=O) groups is 1. The predicted octanol–water partition coefficient (Wildman–Crippen LogP) is 0.366. The van der Waals surface area contributed by atoms with E-state index in [0.29, 0.717) is 12.5 Å². The average molecular weight is 146 g/mol. The Hall–Kier alpha value is -0.570. The summed E-state index contributed by atoms with van der Waals surface area (Å²) in [6, 6.07) is 0.382. The Morgan fingerprint density at radius 3 is 3.20 bits per heavy atom. The summed E-state index contributed by atoms with van der Waals surface area (Å²) in [6.07, 6.45) is 1.70. The SMILES string of the molecule is CCNC[C@@H]1CCC(=O)N1.[HH].[HH]. The molecule has 3 heteroatoms. The number of carbonyl (C=O) groups excluding carboxylic acids is 1. The third kappa shape index (κ3) is 1.99. The van der Waals surface area contributed by atoms with Crippen molar-refractivity contribution in [2.75, 3.05) is 13.1 Å². The fourth-order valence-corrected chi connectivity index (χ4v) is 1.15. The van der Waals surface area contributed by atoms with Crippen molar-refractivity contribution in [3.8, 4) is 0 Å². The van der Waals surface area contributed by atoms with E-state index in [4.69, 9.17) is 0 Å². The largest absolute Gasteiger partial charge is 0.352 e. The summed E-state index contributed by atoms with van der Waals surface area (Å²) in [6.45, 7) is 3.96. The van der Waals surface area contributed by atoms with E-state index in [-0.39, 0.29) is 8.76 Å². The molecule has 2 N–H and O–H groups in total. The van der Waals surface area contributed by atoms with E-state index in [2.05, 4.69) is 17.6 Å². The number of nitrogens with one attached hydrogen (secondary N) is 2. The zero-order valence-electron chi connectivity index (χ0n) is 6.31. The third-order valence-electron chi connectivity index (χ3n) is 1.73. The summed E-state index contributed by atoms with van der Waals surface area (Å²) >= 11 is 0.